The number of hydrogen-bond acceptors (Lipinski definition) is 5. The summed E-state index contributed by atoms with van der Waals surface area (Å²) in [6.07, 6.45) is 6.07. The normalized spacial score (nSPS) is 17.3. The summed E-state index contributed by atoms with van der Waals surface area (Å²) in [5, 5.41) is 10.1. The number of amides is 1. The molecule has 1 aliphatic rings. The highest BCUT2D eigenvalue weighted by atomic mass is 35.5. The van der Waals surface area contributed by atoms with Gasteiger partial charge in [0, 0.05) is 6.26 Å². The third-order valence-electron chi connectivity index (χ3n) is 3.74. The number of anilines is 1. The standard InChI is InChI=1S/C15H18N4O3S.ClH/c1-23(21,22)14-7-3-2-6-13(14)19-10-11(9-17-19)18-15(20)12-5-4-8-16-12;/h2-3,6-7,9-10,12,16H,4-5,8H2,1H3,(H,18,20);1H. The van der Waals surface area contributed by atoms with E-state index in [0.717, 1.165) is 25.6 Å². The molecular weight excluding hydrogens is 352 g/mol. The molecule has 2 N–H and O–H groups in total. The minimum atomic E-state index is -3.37. The van der Waals surface area contributed by atoms with E-state index in [4.69, 9.17) is 0 Å². The van der Waals surface area contributed by atoms with Crippen molar-refractivity contribution >= 4 is 33.8 Å². The van der Waals surface area contributed by atoms with Crippen molar-refractivity contribution in [3.63, 3.8) is 0 Å². The van der Waals surface area contributed by atoms with Gasteiger partial charge in [-0.3, -0.25) is 4.79 Å². The lowest BCUT2D eigenvalue weighted by Gasteiger charge is -2.09. The highest BCUT2D eigenvalue weighted by Gasteiger charge is 2.22. The fourth-order valence-corrected chi connectivity index (χ4v) is 3.48. The Morgan fingerprint density at radius 2 is 2.12 bits per heavy atom. The van der Waals surface area contributed by atoms with Crippen LogP contribution in [0.2, 0.25) is 0 Å². The Kier molecular flexibility index (Phi) is 5.63. The number of sulfone groups is 1. The van der Waals surface area contributed by atoms with Crippen LogP contribution in [0.3, 0.4) is 0 Å². The Labute approximate surface area is 146 Å². The van der Waals surface area contributed by atoms with Gasteiger partial charge in [-0.05, 0) is 31.5 Å². The SMILES string of the molecule is CS(=O)(=O)c1ccccc1-n1cc(NC(=O)C2CCCN2)cn1.Cl. The highest BCUT2D eigenvalue weighted by molar-refractivity contribution is 7.90. The number of para-hydroxylation sites is 1. The second-order valence-electron chi connectivity index (χ2n) is 5.55. The van der Waals surface area contributed by atoms with Crippen LogP contribution in [0, 0.1) is 0 Å². The van der Waals surface area contributed by atoms with Crippen LogP contribution in [0.15, 0.2) is 41.6 Å². The number of carbonyl (C=O) groups is 1. The zero-order valence-electron chi connectivity index (χ0n) is 13.1. The maximum atomic E-state index is 12.1. The van der Waals surface area contributed by atoms with Crippen molar-refractivity contribution in [3.05, 3.63) is 36.7 Å². The monoisotopic (exact) mass is 370 g/mol. The molecule has 24 heavy (non-hydrogen) atoms. The first kappa shape index (κ1) is 18.4. The first-order chi connectivity index (χ1) is 10.9. The summed E-state index contributed by atoms with van der Waals surface area (Å²) in [7, 11) is -3.37. The van der Waals surface area contributed by atoms with Crippen molar-refractivity contribution in [1.29, 1.82) is 0 Å². The average molecular weight is 371 g/mol. The zero-order chi connectivity index (χ0) is 16.4. The van der Waals surface area contributed by atoms with Gasteiger partial charge >= 0.3 is 0 Å². The van der Waals surface area contributed by atoms with Gasteiger partial charge in [-0.2, -0.15) is 5.10 Å². The molecule has 9 heteroatoms. The number of benzene rings is 1. The highest BCUT2D eigenvalue weighted by Crippen LogP contribution is 2.21. The van der Waals surface area contributed by atoms with E-state index in [0.29, 0.717) is 11.4 Å². The van der Waals surface area contributed by atoms with E-state index in [1.54, 1.807) is 24.4 Å². The fourth-order valence-electron chi connectivity index (χ4n) is 2.62. The molecule has 1 aliphatic heterocycles. The van der Waals surface area contributed by atoms with Gasteiger partial charge in [0.05, 0.1) is 34.7 Å². The van der Waals surface area contributed by atoms with E-state index >= 15 is 0 Å². The Hall–Kier alpha value is -1.90. The Bertz CT molecular complexity index is 829. The van der Waals surface area contributed by atoms with E-state index in [1.165, 1.54) is 16.9 Å². The Morgan fingerprint density at radius 1 is 1.38 bits per heavy atom. The maximum absolute atomic E-state index is 12.1. The van der Waals surface area contributed by atoms with E-state index < -0.39 is 9.84 Å². The van der Waals surface area contributed by atoms with E-state index in [-0.39, 0.29) is 29.3 Å². The van der Waals surface area contributed by atoms with Crippen LogP contribution in [-0.2, 0) is 14.6 Å². The third kappa shape index (κ3) is 3.95. The second-order valence-corrected chi connectivity index (χ2v) is 7.54. The second kappa shape index (κ2) is 7.33. The molecule has 7 nitrogen and oxygen atoms in total. The summed E-state index contributed by atoms with van der Waals surface area (Å²) in [5.41, 5.74) is 0.987. The van der Waals surface area contributed by atoms with Crippen molar-refractivity contribution in [2.45, 2.75) is 23.8 Å². The summed E-state index contributed by atoms with van der Waals surface area (Å²) in [6.45, 7) is 0.846. The minimum absolute atomic E-state index is 0. The predicted octanol–water partition coefficient (Wildman–Crippen LogP) is 1.39. The molecule has 1 atom stereocenters. The van der Waals surface area contributed by atoms with Crippen LogP contribution in [-0.4, -0.2) is 42.9 Å². The first-order valence-corrected chi connectivity index (χ1v) is 9.23. The molecule has 2 aromatic rings. The molecule has 1 fully saturated rings. The number of hydrogen-bond donors (Lipinski definition) is 2. The molecule has 1 aromatic carbocycles. The van der Waals surface area contributed by atoms with Crippen LogP contribution in [0.4, 0.5) is 5.69 Å². The van der Waals surface area contributed by atoms with Crippen LogP contribution in [0.5, 0.6) is 0 Å². The van der Waals surface area contributed by atoms with Gasteiger partial charge in [0.1, 0.15) is 0 Å². The summed E-state index contributed by atoms with van der Waals surface area (Å²) in [6, 6.07) is 6.44. The average Bonchev–Trinajstić information content (AvgIpc) is 3.18. The molecule has 1 amide bonds. The lowest BCUT2D eigenvalue weighted by atomic mass is 10.2. The molecule has 0 radical (unpaired) electrons. The Morgan fingerprint density at radius 3 is 2.79 bits per heavy atom. The topological polar surface area (TPSA) is 93.1 Å². The molecule has 1 unspecified atom stereocenters. The number of nitrogens with zero attached hydrogens (tertiary/aromatic N) is 2. The first-order valence-electron chi connectivity index (χ1n) is 7.33. The smallest absolute Gasteiger partial charge is 0.241 e. The zero-order valence-corrected chi connectivity index (χ0v) is 14.7. The predicted molar refractivity (Wildman–Crippen MR) is 93.6 cm³/mol. The number of rotatable bonds is 4. The van der Waals surface area contributed by atoms with Crippen LogP contribution < -0.4 is 10.6 Å². The number of nitrogens with one attached hydrogen (secondary N) is 2. The van der Waals surface area contributed by atoms with E-state index in [1.807, 2.05) is 0 Å². The quantitative estimate of drug-likeness (QED) is 0.848. The van der Waals surface area contributed by atoms with Gasteiger partial charge in [-0.15, -0.1) is 12.4 Å². The lowest BCUT2D eigenvalue weighted by molar-refractivity contribution is -0.117. The lowest BCUT2D eigenvalue weighted by Crippen LogP contribution is -2.35. The summed E-state index contributed by atoms with van der Waals surface area (Å²) >= 11 is 0. The molecule has 1 saturated heterocycles. The van der Waals surface area contributed by atoms with Crippen molar-refractivity contribution in [1.82, 2.24) is 15.1 Å². The van der Waals surface area contributed by atoms with Crippen molar-refractivity contribution in [2.24, 2.45) is 0 Å². The van der Waals surface area contributed by atoms with Crippen LogP contribution >= 0.6 is 12.4 Å². The maximum Gasteiger partial charge on any atom is 0.241 e. The van der Waals surface area contributed by atoms with Gasteiger partial charge in [-0.25, -0.2) is 13.1 Å². The van der Waals surface area contributed by atoms with Crippen LogP contribution in [0.25, 0.3) is 5.69 Å². The van der Waals surface area contributed by atoms with Gasteiger partial charge in [0.2, 0.25) is 5.91 Å². The molecule has 130 valence electrons. The Balaban J connectivity index is 0.00000208. The minimum Gasteiger partial charge on any atom is -0.322 e. The molecule has 2 heterocycles. The molecule has 1 aromatic heterocycles. The van der Waals surface area contributed by atoms with Crippen molar-refractivity contribution in [2.75, 3.05) is 18.1 Å². The largest absolute Gasteiger partial charge is 0.322 e. The summed E-state index contributed by atoms with van der Waals surface area (Å²) in [5.74, 6) is -0.0987. The van der Waals surface area contributed by atoms with Gasteiger partial charge in [-0.1, -0.05) is 12.1 Å². The fraction of sp³-hybridized carbons (Fsp3) is 0.333. The van der Waals surface area contributed by atoms with E-state index in [2.05, 4.69) is 15.7 Å². The molecule has 0 saturated carbocycles. The summed E-state index contributed by atoms with van der Waals surface area (Å²) < 4.78 is 25.2. The van der Waals surface area contributed by atoms with Gasteiger partial charge in [0.15, 0.2) is 9.84 Å². The van der Waals surface area contributed by atoms with Gasteiger partial charge < -0.3 is 10.6 Å². The van der Waals surface area contributed by atoms with Crippen molar-refractivity contribution < 1.29 is 13.2 Å². The number of carbonyl (C=O) groups excluding carboxylic acids is 1. The summed E-state index contributed by atoms with van der Waals surface area (Å²) in [4.78, 5) is 12.3. The van der Waals surface area contributed by atoms with E-state index in [9.17, 15) is 13.2 Å². The third-order valence-corrected chi connectivity index (χ3v) is 4.88. The number of aromatic nitrogens is 2. The molecule has 0 bridgehead atoms. The van der Waals surface area contributed by atoms with Gasteiger partial charge in [0.25, 0.3) is 0 Å². The molecule has 0 aliphatic carbocycles. The molecule has 3 rings (SSSR count). The molecule has 0 spiro atoms. The van der Waals surface area contributed by atoms with Crippen LogP contribution in [0.1, 0.15) is 12.8 Å². The molecular formula is C15H19ClN4O3S. The number of halogens is 1. The van der Waals surface area contributed by atoms with Crippen molar-refractivity contribution in [3.8, 4) is 5.69 Å².